The van der Waals surface area contributed by atoms with Crippen molar-refractivity contribution in [1.82, 2.24) is 20.1 Å². The molecule has 2 heterocycles. The molecule has 152 valence electrons. The Morgan fingerprint density at radius 3 is 1.71 bits per heavy atom. The van der Waals surface area contributed by atoms with E-state index in [-0.39, 0.29) is 44.2 Å². The molecule has 0 saturated carbocycles. The van der Waals surface area contributed by atoms with Crippen molar-refractivity contribution >= 4 is 52.4 Å². The first-order chi connectivity index (χ1) is 13.1. The van der Waals surface area contributed by atoms with Crippen molar-refractivity contribution < 1.29 is 19.3 Å². The third-order valence-corrected chi connectivity index (χ3v) is 4.00. The lowest BCUT2D eigenvalue weighted by Gasteiger charge is -2.14. The topological polar surface area (TPSA) is 111 Å². The molecular weight excluding hydrogens is 433 g/mol. The average molecular weight is 451 g/mol. The van der Waals surface area contributed by atoms with Gasteiger partial charge < -0.3 is 5.73 Å². The van der Waals surface area contributed by atoms with Gasteiger partial charge in [0.15, 0.2) is 0 Å². The van der Waals surface area contributed by atoms with Crippen molar-refractivity contribution in [2.45, 2.75) is 0 Å². The SMILES string of the molecule is CON(C)C(=O)c1ccc(Cl)nc1Cl.CON(C)C(=O)c1ccc(Cl)nc1N. The largest absolute Gasteiger partial charge is 0.383 e. The summed E-state index contributed by atoms with van der Waals surface area (Å²) in [6, 6.07) is 5.98. The molecule has 0 unspecified atom stereocenters. The molecule has 9 nitrogen and oxygen atoms in total. The molecule has 2 aromatic heterocycles. The molecule has 0 aliphatic rings. The number of pyridine rings is 2. The number of hydroxylamine groups is 4. The van der Waals surface area contributed by atoms with Crippen LogP contribution in [-0.4, -0.2) is 60.2 Å². The Labute approximate surface area is 176 Å². The van der Waals surface area contributed by atoms with Crippen LogP contribution in [-0.2, 0) is 9.68 Å². The summed E-state index contributed by atoms with van der Waals surface area (Å²) in [6.07, 6.45) is 0. The normalized spacial score (nSPS) is 9.96. The predicted molar refractivity (Wildman–Crippen MR) is 106 cm³/mol. The van der Waals surface area contributed by atoms with Gasteiger partial charge in [0.2, 0.25) is 0 Å². The van der Waals surface area contributed by atoms with Gasteiger partial charge in [0.25, 0.3) is 11.8 Å². The predicted octanol–water partition coefficient (Wildman–Crippen LogP) is 2.97. The summed E-state index contributed by atoms with van der Waals surface area (Å²) >= 11 is 16.9. The minimum atomic E-state index is -0.373. The summed E-state index contributed by atoms with van der Waals surface area (Å²) in [5, 5.41) is 2.66. The Morgan fingerprint density at radius 1 is 0.857 bits per heavy atom. The number of aromatic nitrogens is 2. The van der Waals surface area contributed by atoms with Crippen molar-refractivity contribution in [3.63, 3.8) is 0 Å². The van der Waals surface area contributed by atoms with Gasteiger partial charge in [0, 0.05) is 14.1 Å². The third-order valence-electron chi connectivity index (χ3n) is 3.29. The van der Waals surface area contributed by atoms with Crippen LogP contribution >= 0.6 is 34.8 Å². The number of rotatable bonds is 4. The Morgan fingerprint density at radius 2 is 1.29 bits per heavy atom. The lowest BCUT2D eigenvalue weighted by molar-refractivity contribution is -0.0757. The van der Waals surface area contributed by atoms with Crippen molar-refractivity contribution in [2.24, 2.45) is 0 Å². The second-order valence-corrected chi connectivity index (χ2v) is 6.14. The van der Waals surface area contributed by atoms with Crippen LogP contribution in [0.5, 0.6) is 0 Å². The van der Waals surface area contributed by atoms with Gasteiger partial charge in [-0.2, -0.15) is 0 Å². The molecule has 2 aromatic rings. The molecule has 0 spiro atoms. The zero-order chi connectivity index (χ0) is 21.4. The molecule has 0 saturated heterocycles. The number of nitrogens with zero attached hydrogens (tertiary/aromatic N) is 4. The quantitative estimate of drug-likeness (QED) is 0.563. The zero-order valence-electron chi connectivity index (χ0n) is 15.4. The number of halogens is 3. The summed E-state index contributed by atoms with van der Waals surface area (Å²) in [6.45, 7) is 0. The lowest BCUT2D eigenvalue weighted by Crippen LogP contribution is -2.26. The van der Waals surface area contributed by atoms with Gasteiger partial charge in [-0.3, -0.25) is 19.3 Å². The Hall–Kier alpha value is -2.17. The standard InChI is InChI=1S/C8H8Cl2N2O2.C8H10ClN3O2/c2*1-12(14-2)8(13)5-3-4-6(9)11-7(5)10/h3-4H,1-2H3;3-4H,1-2H3,(H2,10,11). The first-order valence-electron chi connectivity index (χ1n) is 7.50. The van der Waals surface area contributed by atoms with Gasteiger partial charge in [0.05, 0.1) is 25.3 Å². The maximum absolute atomic E-state index is 11.5. The van der Waals surface area contributed by atoms with Crippen LogP contribution in [0.2, 0.25) is 15.5 Å². The van der Waals surface area contributed by atoms with Gasteiger partial charge in [0.1, 0.15) is 21.3 Å². The molecule has 2 rings (SSSR count). The molecular formula is C16H18Cl3N5O4. The van der Waals surface area contributed by atoms with Crippen molar-refractivity contribution in [2.75, 3.05) is 34.0 Å². The van der Waals surface area contributed by atoms with Crippen molar-refractivity contribution in [1.29, 1.82) is 0 Å². The van der Waals surface area contributed by atoms with E-state index >= 15 is 0 Å². The molecule has 0 aliphatic heterocycles. The second kappa shape index (κ2) is 11.0. The van der Waals surface area contributed by atoms with Crippen LogP contribution in [0.15, 0.2) is 24.3 Å². The van der Waals surface area contributed by atoms with Gasteiger partial charge in [-0.15, -0.1) is 0 Å². The van der Waals surface area contributed by atoms with E-state index in [1.165, 1.54) is 52.6 Å². The number of amides is 2. The highest BCUT2D eigenvalue weighted by molar-refractivity contribution is 6.34. The maximum Gasteiger partial charge on any atom is 0.280 e. The molecule has 0 aromatic carbocycles. The molecule has 0 fully saturated rings. The molecule has 2 amide bonds. The van der Waals surface area contributed by atoms with Crippen LogP contribution < -0.4 is 5.73 Å². The van der Waals surface area contributed by atoms with Gasteiger partial charge >= 0.3 is 0 Å². The molecule has 12 heteroatoms. The zero-order valence-corrected chi connectivity index (χ0v) is 17.7. The summed E-state index contributed by atoms with van der Waals surface area (Å²) in [7, 11) is 5.73. The van der Waals surface area contributed by atoms with E-state index in [0.717, 1.165) is 10.1 Å². The second-order valence-electron chi connectivity index (χ2n) is 5.01. The highest BCUT2D eigenvalue weighted by atomic mass is 35.5. The van der Waals surface area contributed by atoms with Gasteiger partial charge in [-0.05, 0) is 24.3 Å². The van der Waals surface area contributed by atoms with Crippen LogP contribution in [0, 0.1) is 0 Å². The van der Waals surface area contributed by atoms with E-state index in [9.17, 15) is 9.59 Å². The minimum absolute atomic E-state index is 0.0615. The fraction of sp³-hybridized carbons (Fsp3) is 0.250. The van der Waals surface area contributed by atoms with E-state index < -0.39 is 0 Å². The number of carbonyl (C=O) groups is 2. The fourth-order valence-electron chi connectivity index (χ4n) is 1.71. The maximum atomic E-state index is 11.5. The summed E-state index contributed by atoms with van der Waals surface area (Å²) in [4.78, 5) is 40.0. The van der Waals surface area contributed by atoms with Crippen LogP contribution in [0.3, 0.4) is 0 Å². The number of hydrogen-bond acceptors (Lipinski definition) is 7. The summed E-state index contributed by atoms with van der Waals surface area (Å²) < 4.78 is 0. The van der Waals surface area contributed by atoms with E-state index in [1.807, 2.05) is 0 Å². The van der Waals surface area contributed by atoms with Crippen LogP contribution in [0.1, 0.15) is 20.7 Å². The number of anilines is 1. The molecule has 28 heavy (non-hydrogen) atoms. The van der Waals surface area contributed by atoms with E-state index in [4.69, 9.17) is 50.2 Å². The van der Waals surface area contributed by atoms with E-state index in [1.54, 1.807) is 0 Å². The average Bonchev–Trinajstić information content (AvgIpc) is 2.66. The first-order valence-corrected chi connectivity index (χ1v) is 8.64. The number of nitrogens with two attached hydrogens (primary N) is 1. The van der Waals surface area contributed by atoms with E-state index in [0.29, 0.717) is 0 Å². The molecule has 0 atom stereocenters. The monoisotopic (exact) mass is 449 g/mol. The fourth-order valence-corrected chi connectivity index (χ4v) is 2.29. The van der Waals surface area contributed by atoms with Gasteiger partial charge in [-0.1, -0.05) is 34.8 Å². The van der Waals surface area contributed by atoms with Crippen molar-refractivity contribution in [3.8, 4) is 0 Å². The lowest BCUT2D eigenvalue weighted by atomic mass is 10.2. The molecule has 0 bridgehead atoms. The third kappa shape index (κ3) is 6.47. The number of nitrogen functional groups attached to an aromatic ring is 1. The Bertz CT molecular complexity index is 784. The Balaban J connectivity index is 0.000000280. The minimum Gasteiger partial charge on any atom is -0.383 e. The van der Waals surface area contributed by atoms with Crippen LogP contribution in [0.25, 0.3) is 0 Å². The van der Waals surface area contributed by atoms with Crippen molar-refractivity contribution in [3.05, 3.63) is 50.9 Å². The molecule has 0 aliphatic carbocycles. The first kappa shape index (κ1) is 23.9. The Kier molecular flexibility index (Phi) is 9.36. The number of hydrogen-bond donors (Lipinski definition) is 1. The van der Waals surface area contributed by atoms with Crippen LogP contribution in [0.4, 0.5) is 5.82 Å². The van der Waals surface area contributed by atoms with E-state index in [2.05, 4.69) is 9.97 Å². The van der Waals surface area contributed by atoms with Gasteiger partial charge in [-0.25, -0.2) is 20.1 Å². The summed E-state index contributed by atoms with van der Waals surface area (Å²) in [5.74, 6) is -0.651. The molecule has 2 N–H and O–H groups in total. The smallest absolute Gasteiger partial charge is 0.280 e. The summed E-state index contributed by atoms with van der Waals surface area (Å²) in [5.41, 5.74) is 6.03. The number of carbonyl (C=O) groups excluding carboxylic acids is 2. The highest BCUT2D eigenvalue weighted by Crippen LogP contribution is 2.18. The highest BCUT2D eigenvalue weighted by Gasteiger charge is 2.16. The molecule has 0 radical (unpaired) electrons.